The average molecular weight is 357 g/mol. The number of carbonyl (C=O) groups excluding carboxylic acids is 1. The summed E-state index contributed by atoms with van der Waals surface area (Å²) in [5.41, 5.74) is 6.00. The molecule has 4 nitrogen and oxygen atoms in total. The van der Waals surface area contributed by atoms with Crippen molar-refractivity contribution in [3.05, 3.63) is 83.0 Å². The lowest BCUT2D eigenvalue weighted by atomic mass is 10.1. The number of anilines is 3. The summed E-state index contributed by atoms with van der Waals surface area (Å²) in [5, 5.41) is 3.06. The van der Waals surface area contributed by atoms with Crippen molar-refractivity contribution >= 4 is 23.1 Å². The number of benzene rings is 2. The zero-order valence-electron chi connectivity index (χ0n) is 15.9. The van der Waals surface area contributed by atoms with Crippen LogP contribution in [0.5, 0.6) is 0 Å². The van der Waals surface area contributed by atoms with Gasteiger partial charge in [0, 0.05) is 23.6 Å². The first-order valence-corrected chi connectivity index (χ1v) is 9.25. The van der Waals surface area contributed by atoms with Gasteiger partial charge in [-0.3, -0.25) is 4.79 Å². The number of pyridine rings is 1. The molecule has 2 aromatic carbocycles. The number of amides is 1. The lowest BCUT2D eigenvalue weighted by Crippen LogP contribution is -2.28. The molecule has 0 aliphatic carbocycles. The van der Waals surface area contributed by atoms with E-state index in [4.69, 9.17) is 0 Å². The van der Waals surface area contributed by atoms with E-state index in [0.29, 0.717) is 11.4 Å². The first-order chi connectivity index (χ1) is 13.0. The van der Waals surface area contributed by atoms with Gasteiger partial charge in [0.25, 0.3) is 5.91 Å². The van der Waals surface area contributed by atoms with E-state index in [9.17, 15) is 4.79 Å². The van der Waals surface area contributed by atoms with Crippen LogP contribution in [0.3, 0.4) is 0 Å². The van der Waals surface area contributed by atoms with Crippen molar-refractivity contribution in [3.63, 3.8) is 0 Å². The molecular weight excluding hydrogens is 334 g/mol. The van der Waals surface area contributed by atoms with Gasteiger partial charge < -0.3 is 10.2 Å². The SMILES string of the molecule is Cc1ccc(C)c(NC(=O)c2cccnc2N2c3ccccc3CC2C)c1. The second-order valence-corrected chi connectivity index (χ2v) is 7.20. The molecule has 1 aromatic heterocycles. The maximum absolute atomic E-state index is 13.1. The number of aromatic nitrogens is 1. The Kier molecular flexibility index (Phi) is 4.40. The van der Waals surface area contributed by atoms with Gasteiger partial charge in [-0.05, 0) is 68.1 Å². The van der Waals surface area contributed by atoms with Crippen LogP contribution < -0.4 is 10.2 Å². The van der Waals surface area contributed by atoms with Crippen molar-refractivity contribution in [3.8, 4) is 0 Å². The van der Waals surface area contributed by atoms with Crippen LogP contribution in [0.4, 0.5) is 17.2 Å². The van der Waals surface area contributed by atoms with E-state index in [1.165, 1.54) is 5.56 Å². The third-order valence-electron chi connectivity index (χ3n) is 5.11. The minimum atomic E-state index is -0.136. The fourth-order valence-corrected chi connectivity index (χ4v) is 3.71. The molecule has 1 unspecified atom stereocenters. The molecule has 2 heterocycles. The van der Waals surface area contributed by atoms with Gasteiger partial charge in [-0.15, -0.1) is 0 Å². The van der Waals surface area contributed by atoms with Crippen LogP contribution in [0.15, 0.2) is 60.8 Å². The van der Waals surface area contributed by atoms with Crippen molar-refractivity contribution in [2.24, 2.45) is 0 Å². The van der Waals surface area contributed by atoms with Crippen molar-refractivity contribution in [1.29, 1.82) is 0 Å². The lowest BCUT2D eigenvalue weighted by molar-refractivity contribution is 0.102. The Hall–Kier alpha value is -3.14. The molecule has 1 N–H and O–H groups in total. The minimum Gasteiger partial charge on any atom is -0.322 e. The number of hydrogen-bond donors (Lipinski definition) is 1. The van der Waals surface area contributed by atoms with Crippen LogP contribution in [-0.4, -0.2) is 16.9 Å². The molecule has 1 aliphatic heterocycles. The predicted molar refractivity (Wildman–Crippen MR) is 110 cm³/mol. The Morgan fingerprint density at radius 1 is 1.11 bits per heavy atom. The summed E-state index contributed by atoms with van der Waals surface area (Å²) in [6.07, 6.45) is 2.70. The van der Waals surface area contributed by atoms with Crippen molar-refractivity contribution < 1.29 is 4.79 Å². The van der Waals surface area contributed by atoms with Crippen LogP contribution in [0.25, 0.3) is 0 Å². The maximum atomic E-state index is 13.1. The molecule has 4 rings (SSSR count). The molecule has 136 valence electrons. The number of para-hydroxylation sites is 1. The molecule has 0 spiro atoms. The first kappa shape index (κ1) is 17.3. The highest BCUT2D eigenvalue weighted by molar-refractivity contribution is 6.08. The van der Waals surface area contributed by atoms with Gasteiger partial charge >= 0.3 is 0 Å². The summed E-state index contributed by atoms with van der Waals surface area (Å²) >= 11 is 0. The van der Waals surface area contributed by atoms with Gasteiger partial charge in [0.1, 0.15) is 5.82 Å². The van der Waals surface area contributed by atoms with Gasteiger partial charge in [0.05, 0.1) is 5.56 Å². The maximum Gasteiger partial charge on any atom is 0.259 e. The zero-order chi connectivity index (χ0) is 19.0. The van der Waals surface area contributed by atoms with Crippen LogP contribution in [0.1, 0.15) is 34.0 Å². The third kappa shape index (κ3) is 3.19. The Labute approximate surface area is 159 Å². The second kappa shape index (κ2) is 6.88. The Morgan fingerprint density at radius 2 is 1.93 bits per heavy atom. The summed E-state index contributed by atoms with van der Waals surface area (Å²) in [4.78, 5) is 19.8. The number of hydrogen-bond acceptors (Lipinski definition) is 3. The largest absolute Gasteiger partial charge is 0.322 e. The Bertz CT molecular complexity index is 1010. The van der Waals surface area contributed by atoms with E-state index in [-0.39, 0.29) is 11.9 Å². The van der Waals surface area contributed by atoms with Crippen molar-refractivity contribution in [2.75, 3.05) is 10.2 Å². The highest BCUT2D eigenvalue weighted by atomic mass is 16.1. The van der Waals surface area contributed by atoms with E-state index in [2.05, 4.69) is 40.3 Å². The molecule has 0 saturated carbocycles. The minimum absolute atomic E-state index is 0.136. The fraction of sp³-hybridized carbons (Fsp3) is 0.217. The van der Waals surface area contributed by atoms with Gasteiger partial charge in [0.15, 0.2) is 0 Å². The number of carbonyl (C=O) groups is 1. The van der Waals surface area contributed by atoms with Crippen molar-refractivity contribution in [1.82, 2.24) is 4.98 Å². The highest BCUT2D eigenvalue weighted by Gasteiger charge is 2.30. The topological polar surface area (TPSA) is 45.2 Å². The zero-order valence-corrected chi connectivity index (χ0v) is 15.9. The summed E-state index contributed by atoms with van der Waals surface area (Å²) in [7, 11) is 0. The third-order valence-corrected chi connectivity index (χ3v) is 5.11. The molecule has 4 heteroatoms. The molecule has 0 saturated heterocycles. The standard InChI is InChI=1S/C23H23N3O/c1-15-10-11-16(2)20(13-15)25-23(27)19-8-6-12-24-22(19)26-17(3)14-18-7-4-5-9-21(18)26/h4-13,17H,14H2,1-3H3,(H,25,27). The van der Waals surface area contributed by atoms with Crippen LogP contribution >= 0.6 is 0 Å². The summed E-state index contributed by atoms with van der Waals surface area (Å²) in [5.74, 6) is 0.570. The Morgan fingerprint density at radius 3 is 2.78 bits per heavy atom. The van der Waals surface area contributed by atoms with Gasteiger partial charge in [-0.25, -0.2) is 4.98 Å². The van der Waals surface area contributed by atoms with Gasteiger partial charge in [0.2, 0.25) is 0 Å². The summed E-state index contributed by atoms with van der Waals surface area (Å²) < 4.78 is 0. The van der Waals surface area contributed by atoms with E-state index >= 15 is 0 Å². The monoisotopic (exact) mass is 357 g/mol. The lowest BCUT2D eigenvalue weighted by Gasteiger charge is -2.25. The van der Waals surface area contributed by atoms with Gasteiger partial charge in [-0.1, -0.05) is 30.3 Å². The number of nitrogens with zero attached hydrogens (tertiary/aromatic N) is 2. The van der Waals surface area contributed by atoms with E-state index in [1.54, 1.807) is 6.20 Å². The van der Waals surface area contributed by atoms with Gasteiger partial charge in [-0.2, -0.15) is 0 Å². The smallest absolute Gasteiger partial charge is 0.259 e. The van der Waals surface area contributed by atoms with Crippen molar-refractivity contribution in [2.45, 2.75) is 33.2 Å². The molecular formula is C23H23N3O. The number of nitrogens with one attached hydrogen (secondary N) is 1. The second-order valence-electron chi connectivity index (χ2n) is 7.20. The summed E-state index contributed by atoms with van der Waals surface area (Å²) in [6.45, 7) is 6.19. The molecule has 3 aromatic rings. The molecule has 1 amide bonds. The quantitative estimate of drug-likeness (QED) is 0.715. The normalized spacial score (nSPS) is 15.5. The predicted octanol–water partition coefficient (Wildman–Crippen LogP) is 5.03. The number of rotatable bonds is 3. The van der Waals surface area contributed by atoms with Crippen LogP contribution in [-0.2, 0) is 6.42 Å². The molecule has 0 radical (unpaired) electrons. The molecule has 27 heavy (non-hydrogen) atoms. The van der Waals surface area contributed by atoms with Crippen LogP contribution in [0, 0.1) is 13.8 Å². The first-order valence-electron chi connectivity index (χ1n) is 9.25. The molecule has 0 fully saturated rings. The van der Waals surface area contributed by atoms with Crippen LogP contribution in [0.2, 0.25) is 0 Å². The molecule has 1 atom stereocenters. The average Bonchev–Trinajstić information content (AvgIpc) is 3.00. The number of fused-ring (bicyclic) bond motifs is 1. The highest BCUT2D eigenvalue weighted by Crippen LogP contribution is 2.38. The van der Waals surface area contributed by atoms with E-state index in [1.807, 2.05) is 50.2 Å². The summed E-state index contributed by atoms with van der Waals surface area (Å²) in [6, 6.07) is 18.3. The Balaban J connectivity index is 1.72. The molecule has 0 bridgehead atoms. The van der Waals surface area contributed by atoms with E-state index < -0.39 is 0 Å². The fourth-order valence-electron chi connectivity index (χ4n) is 3.71. The molecule has 1 aliphatic rings. The number of aryl methyl sites for hydroxylation is 2. The van der Waals surface area contributed by atoms with E-state index in [0.717, 1.165) is 28.9 Å².